The van der Waals surface area contributed by atoms with Gasteiger partial charge in [0.1, 0.15) is 18.1 Å². The molecule has 0 aliphatic heterocycles. The van der Waals surface area contributed by atoms with E-state index >= 15 is 0 Å². The number of aromatic nitrogens is 1. The molecule has 0 radical (unpaired) electrons. The molecule has 0 saturated carbocycles. The molecule has 1 heterocycles. The highest BCUT2D eigenvalue weighted by atomic mass is 32.2. The number of amides is 1. The van der Waals surface area contributed by atoms with Gasteiger partial charge in [-0.3, -0.25) is 9.59 Å². The second kappa shape index (κ2) is 11.1. The molecule has 2 aromatic carbocycles. The van der Waals surface area contributed by atoms with Gasteiger partial charge >= 0.3 is 5.97 Å². The van der Waals surface area contributed by atoms with Crippen LogP contribution in [0.25, 0.3) is 10.2 Å². The summed E-state index contributed by atoms with van der Waals surface area (Å²) in [4.78, 5) is 30.1. The molecule has 0 aliphatic carbocycles. The number of benzene rings is 2. The van der Waals surface area contributed by atoms with E-state index in [1.54, 1.807) is 36.4 Å². The van der Waals surface area contributed by atoms with Crippen LogP contribution in [0.5, 0.6) is 5.75 Å². The molecule has 0 saturated heterocycles. The van der Waals surface area contributed by atoms with Gasteiger partial charge in [0, 0.05) is 11.3 Å². The minimum Gasteiger partial charge on any atom is -0.497 e. The predicted octanol–water partition coefficient (Wildman–Crippen LogP) is 4.41. The van der Waals surface area contributed by atoms with Crippen LogP contribution in [0.15, 0.2) is 52.4 Å². The Hall–Kier alpha value is -2.65. The van der Waals surface area contributed by atoms with E-state index in [2.05, 4.69) is 4.99 Å². The highest BCUT2D eigenvalue weighted by molar-refractivity contribution is 7.99. The molecule has 3 aromatic rings. The molecule has 0 fully saturated rings. The molecule has 0 N–H and O–H groups in total. The molecule has 0 aliphatic rings. The number of carbonyl (C=O) groups is 2. The molecular weight excluding hydrogens is 439 g/mol. The normalized spacial score (nSPS) is 11.6. The zero-order chi connectivity index (χ0) is 22.2. The largest absolute Gasteiger partial charge is 0.497 e. The first-order valence-corrected chi connectivity index (χ1v) is 11.6. The standard InChI is InChI=1S/C22H23FN2O4S2/c1-3-29-21(27)14-25-18-11-6-15(23)13-19(18)31-22(25)24-20(26)5-4-12-30-17-9-7-16(28-2)8-10-17/h6-11,13H,3-5,12,14H2,1-2H3. The van der Waals surface area contributed by atoms with E-state index < -0.39 is 5.97 Å². The molecule has 0 spiro atoms. The molecule has 6 nitrogen and oxygen atoms in total. The summed E-state index contributed by atoms with van der Waals surface area (Å²) in [6, 6.07) is 12.0. The van der Waals surface area contributed by atoms with Crippen LogP contribution in [0.2, 0.25) is 0 Å². The SMILES string of the molecule is CCOC(=O)Cn1c(=NC(=O)CCCSc2ccc(OC)cc2)sc2cc(F)ccc21. The van der Waals surface area contributed by atoms with Crippen LogP contribution < -0.4 is 9.54 Å². The van der Waals surface area contributed by atoms with E-state index in [0.29, 0.717) is 21.4 Å². The van der Waals surface area contributed by atoms with Gasteiger partial charge < -0.3 is 14.0 Å². The van der Waals surface area contributed by atoms with Crippen LogP contribution in [0.3, 0.4) is 0 Å². The first-order valence-electron chi connectivity index (χ1n) is 9.79. The molecule has 3 rings (SSSR count). The van der Waals surface area contributed by atoms with Crippen LogP contribution in [-0.4, -0.2) is 35.9 Å². The first kappa shape index (κ1) is 23.0. The second-order valence-electron chi connectivity index (χ2n) is 6.52. The van der Waals surface area contributed by atoms with Crippen molar-refractivity contribution in [1.82, 2.24) is 4.57 Å². The topological polar surface area (TPSA) is 69.9 Å². The lowest BCUT2D eigenvalue weighted by Gasteiger charge is -2.05. The van der Waals surface area contributed by atoms with Gasteiger partial charge in [-0.25, -0.2) is 4.39 Å². The average Bonchev–Trinajstić information content (AvgIpc) is 3.07. The minimum atomic E-state index is -0.434. The average molecular weight is 463 g/mol. The molecule has 31 heavy (non-hydrogen) atoms. The summed E-state index contributed by atoms with van der Waals surface area (Å²) >= 11 is 2.83. The maximum Gasteiger partial charge on any atom is 0.326 e. The third kappa shape index (κ3) is 6.41. The van der Waals surface area contributed by atoms with Gasteiger partial charge in [-0.1, -0.05) is 11.3 Å². The Balaban J connectivity index is 1.68. The van der Waals surface area contributed by atoms with E-state index in [1.165, 1.54) is 23.5 Å². The maximum atomic E-state index is 13.6. The predicted molar refractivity (Wildman–Crippen MR) is 120 cm³/mol. The number of thioether (sulfide) groups is 1. The van der Waals surface area contributed by atoms with Crippen molar-refractivity contribution in [1.29, 1.82) is 0 Å². The number of hydrogen-bond donors (Lipinski definition) is 0. The quantitative estimate of drug-likeness (QED) is 0.268. The van der Waals surface area contributed by atoms with E-state index in [1.807, 2.05) is 24.3 Å². The van der Waals surface area contributed by atoms with Crippen LogP contribution in [0.1, 0.15) is 19.8 Å². The van der Waals surface area contributed by atoms with Gasteiger partial charge in [0.25, 0.3) is 0 Å². The summed E-state index contributed by atoms with van der Waals surface area (Å²) in [5.74, 6) is 0.480. The summed E-state index contributed by atoms with van der Waals surface area (Å²) in [6.07, 6.45) is 0.946. The Labute approximate surface area is 187 Å². The number of halogens is 1. The van der Waals surface area contributed by atoms with Gasteiger partial charge in [0.05, 0.1) is 23.9 Å². The highest BCUT2D eigenvalue weighted by Gasteiger charge is 2.13. The molecule has 164 valence electrons. The van der Waals surface area contributed by atoms with Crippen molar-refractivity contribution in [2.75, 3.05) is 19.5 Å². The number of esters is 1. The molecule has 1 aromatic heterocycles. The number of carbonyl (C=O) groups excluding carboxylic acids is 2. The van der Waals surface area contributed by atoms with Crippen molar-refractivity contribution >= 4 is 45.2 Å². The fraction of sp³-hybridized carbons (Fsp3) is 0.318. The maximum absolute atomic E-state index is 13.6. The highest BCUT2D eigenvalue weighted by Crippen LogP contribution is 2.22. The smallest absolute Gasteiger partial charge is 0.326 e. The fourth-order valence-corrected chi connectivity index (χ4v) is 4.79. The Morgan fingerprint density at radius 3 is 2.68 bits per heavy atom. The van der Waals surface area contributed by atoms with Gasteiger partial charge in [-0.2, -0.15) is 4.99 Å². The third-order valence-corrected chi connectivity index (χ3v) is 6.46. The first-order chi connectivity index (χ1) is 15.0. The van der Waals surface area contributed by atoms with E-state index in [9.17, 15) is 14.0 Å². The summed E-state index contributed by atoms with van der Waals surface area (Å²) < 4.78 is 26.0. The van der Waals surface area contributed by atoms with Crippen molar-refractivity contribution in [2.45, 2.75) is 31.2 Å². The van der Waals surface area contributed by atoms with Gasteiger partial charge in [0.2, 0.25) is 5.91 Å². The third-order valence-electron chi connectivity index (χ3n) is 4.32. The molecule has 0 unspecified atom stereocenters. The monoisotopic (exact) mass is 462 g/mol. The lowest BCUT2D eigenvalue weighted by Crippen LogP contribution is -2.23. The van der Waals surface area contributed by atoms with Crippen molar-refractivity contribution < 1.29 is 23.5 Å². The number of thiazole rings is 1. The van der Waals surface area contributed by atoms with Crippen molar-refractivity contribution in [3.63, 3.8) is 0 Å². The van der Waals surface area contributed by atoms with E-state index in [4.69, 9.17) is 9.47 Å². The lowest BCUT2D eigenvalue weighted by atomic mass is 10.3. The number of fused-ring (bicyclic) bond motifs is 1. The Morgan fingerprint density at radius 1 is 1.19 bits per heavy atom. The Kier molecular flexibility index (Phi) is 8.25. The summed E-state index contributed by atoms with van der Waals surface area (Å²) in [5.41, 5.74) is 0.640. The van der Waals surface area contributed by atoms with E-state index in [0.717, 1.165) is 16.4 Å². The Morgan fingerprint density at radius 2 is 1.97 bits per heavy atom. The summed E-state index contributed by atoms with van der Waals surface area (Å²) in [6.45, 7) is 1.90. The molecule has 0 atom stereocenters. The molecule has 1 amide bonds. The van der Waals surface area contributed by atoms with Crippen LogP contribution >= 0.6 is 23.1 Å². The number of methoxy groups -OCH3 is 1. The fourth-order valence-electron chi connectivity index (χ4n) is 2.87. The van der Waals surface area contributed by atoms with Gasteiger partial charge in [-0.05, 0) is 61.6 Å². The van der Waals surface area contributed by atoms with Gasteiger partial charge in [-0.15, -0.1) is 11.8 Å². The van der Waals surface area contributed by atoms with Crippen LogP contribution in [0, 0.1) is 5.82 Å². The number of hydrogen-bond acceptors (Lipinski definition) is 6. The zero-order valence-corrected chi connectivity index (χ0v) is 18.9. The second-order valence-corrected chi connectivity index (χ2v) is 8.70. The zero-order valence-electron chi connectivity index (χ0n) is 17.3. The number of rotatable bonds is 9. The summed E-state index contributed by atoms with van der Waals surface area (Å²) in [5, 5.41) is 0. The molecule has 9 heteroatoms. The minimum absolute atomic E-state index is 0.0844. The van der Waals surface area contributed by atoms with Crippen molar-refractivity contribution in [3.8, 4) is 5.75 Å². The number of nitrogens with zero attached hydrogens (tertiary/aromatic N) is 2. The number of ether oxygens (including phenoxy) is 2. The lowest BCUT2D eigenvalue weighted by molar-refractivity contribution is -0.143. The molecule has 0 bridgehead atoms. The van der Waals surface area contributed by atoms with E-state index in [-0.39, 0.29) is 31.3 Å². The molecular formula is C22H23FN2O4S2. The van der Waals surface area contributed by atoms with Crippen LogP contribution in [-0.2, 0) is 20.9 Å². The van der Waals surface area contributed by atoms with Crippen molar-refractivity contribution in [2.24, 2.45) is 4.99 Å². The van der Waals surface area contributed by atoms with Crippen LogP contribution in [0.4, 0.5) is 4.39 Å². The Bertz CT molecular complexity index is 1120. The summed E-state index contributed by atoms with van der Waals surface area (Å²) in [7, 11) is 1.63. The van der Waals surface area contributed by atoms with Gasteiger partial charge in [0.15, 0.2) is 4.80 Å². The van der Waals surface area contributed by atoms with Crippen molar-refractivity contribution in [3.05, 3.63) is 53.1 Å².